The monoisotopic (exact) mass is 265 g/mol. The first-order valence-electron chi connectivity index (χ1n) is 5.83. The molecule has 0 fully saturated rings. The number of fused-ring (bicyclic) bond motifs is 3. The second kappa shape index (κ2) is 4.14. The minimum atomic E-state index is 0.596. The third-order valence-electron chi connectivity index (χ3n) is 3.39. The lowest BCUT2D eigenvalue weighted by Gasteiger charge is -2.18. The molecule has 0 saturated carbocycles. The van der Waals surface area contributed by atoms with Crippen molar-refractivity contribution in [2.45, 2.75) is 37.3 Å². The maximum atomic E-state index is 6.11. The van der Waals surface area contributed by atoms with Crippen molar-refractivity contribution in [2.75, 3.05) is 12.0 Å². The van der Waals surface area contributed by atoms with E-state index in [2.05, 4.69) is 16.9 Å². The van der Waals surface area contributed by atoms with Crippen LogP contribution in [-0.2, 0) is 6.42 Å². The van der Waals surface area contributed by atoms with Crippen molar-refractivity contribution in [2.24, 2.45) is 0 Å². The summed E-state index contributed by atoms with van der Waals surface area (Å²) in [5.74, 6) is 1.25. The van der Waals surface area contributed by atoms with Crippen molar-refractivity contribution in [3.63, 3.8) is 0 Å². The number of rotatable bonds is 1. The Morgan fingerprint density at radius 1 is 1.41 bits per heavy atom. The maximum absolute atomic E-state index is 6.11. The van der Waals surface area contributed by atoms with Gasteiger partial charge in [-0.2, -0.15) is 0 Å². The molecule has 0 bridgehead atoms. The molecular formula is C12H15N3S2. The van der Waals surface area contributed by atoms with Gasteiger partial charge in [-0.1, -0.05) is 18.7 Å². The molecule has 17 heavy (non-hydrogen) atoms. The molecule has 0 unspecified atom stereocenters. The summed E-state index contributed by atoms with van der Waals surface area (Å²) < 4.78 is 0. The lowest BCUT2D eigenvalue weighted by Crippen LogP contribution is -2.05. The highest BCUT2D eigenvalue weighted by molar-refractivity contribution is 7.98. The van der Waals surface area contributed by atoms with Crippen LogP contribution < -0.4 is 5.73 Å². The summed E-state index contributed by atoms with van der Waals surface area (Å²) in [6.45, 7) is 2.28. The SMILES string of the molecule is CSc1nc(N)c2c3c(sc2n1)CCC[C@H]3C. The second-order valence-electron chi connectivity index (χ2n) is 4.51. The fourth-order valence-corrected chi connectivity index (χ4v) is 4.36. The van der Waals surface area contributed by atoms with Gasteiger partial charge in [0.2, 0.25) is 0 Å². The highest BCUT2D eigenvalue weighted by Crippen LogP contribution is 2.43. The van der Waals surface area contributed by atoms with E-state index >= 15 is 0 Å². The summed E-state index contributed by atoms with van der Waals surface area (Å²) in [6, 6.07) is 0. The Bertz CT molecular complexity index is 577. The molecule has 0 saturated heterocycles. The van der Waals surface area contributed by atoms with Crippen LogP contribution in [0.2, 0.25) is 0 Å². The van der Waals surface area contributed by atoms with E-state index < -0.39 is 0 Å². The van der Waals surface area contributed by atoms with Crippen LogP contribution in [0.5, 0.6) is 0 Å². The van der Waals surface area contributed by atoms with Gasteiger partial charge in [0.25, 0.3) is 0 Å². The molecule has 0 aromatic carbocycles. The van der Waals surface area contributed by atoms with Crippen molar-refractivity contribution >= 4 is 39.1 Å². The van der Waals surface area contributed by atoms with Crippen molar-refractivity contribution in [1.82, 2.24) is 9.97 Å². The largest absolute Gasteiger partial charge is 0.383 e. The van der Waals surface area contributed by atoms with Gasteiger partial charge in [0.05, 0.1) is 5.39 Å². The Morgan fingerprint density at radius 2 is 2.24 bits per heavy atom. The Balaban J connectivity index is 2.31. The van der Waals surface area contributed by atoms with Crippen molar-refractivity contribution in [1.29, 1.82) is 0 Å². The first-order valence-corrected chi connectivity index (χ1v) is 7.87. The predicted molar refractivity (Wildman–Crippen MR) is 75.0 cm³/mol. The molecule has 0 amide bonds. The van der Waals surface area contributed by atoms with E-state index in [1.54, 1.807) is 23.1 Å². The van der Waals surface area contributed by atoms with Gasteiger partial charge in [-0.25, -0.2) is 9.97 Å². The van der Waals surface area contributed by atoms with Gasteiger partial charge in [0.15, 0.2) is 5.16 Å². The van der Waals surface area contributed by atoms with E-state index in [4.69, 9.17) is 5.73 Å². The van der Waals surface area contributed by atoms with Gasteiger partial charge in [-0.05, 0) is 37.0 Å². The lowest BCUT2D eigenvalue weighted by atomic mass is 9.87. The van der Waals surface area contributed by atoms with Crippen LogP contribution in [0.25, 0.3) is 10.2 Å². The average Bonchev–Trinajstić information content (AvgIpc) is 2.68. The maximum Gasteiger partial charge on any atom is 0.190 e. The average molecular weight is 265 g/mol. The molecule has 5 heteroatoms. The van der Waals surface area contributed by atoms with E-state index in [1.807, 2.05) is 6.26 Å². The summed E-state index contributed by atoms with van der Waals surface area (Å²) in [4.78, 5) is 11.5. The van der Waals surface area contributed by atoms with Crippen molar-refractivity contribution in [3.8, 4) is 0 Å². The molecule has 2 aromatic heterocycles. The Kier molecular flexibility index (Phi) is 2.75. The van der Waals surface area contributed by atoms with Crippen LogP contribution in [0.4, 0.5) is 5.82 Å². The molecule has 0 aliphatic heterocycles. The van der Waals surface area contributed by atoms with E-state index in [9.17, 15) is 0 Å². The van der Waals surface area contributed by atoms with E-state index in [0.29, 0.717) is 11.7 Å². The van der Waals surface area contributed by atoms with E-state index in [0.717, 1.165) is 15.4 Å². The van der Waals surface area contributed by atoms with Crippen LogP contribution in [-0.4, -0.2) is 16.2 Å². The standard InChI is InChI=1S/C12H15N3S2/c1-6-4-3-5-7-8(6)9-10(13)14-12(16-2)15-11(9)17-7/h6H,3-5H2,1-2H3,(H2,13,14,15)/t6-/m1/s1. The fourth-order valence-electron chi connectivity index (χ4n) is 2.59. The molecule has 1 aliphatic carbocycles. The molecule has 1 aliphatic rings. The number of nitrogen functional groups attached to an aromatic ring is 1. The molecule has 2 N–H and O–H groups in total. The van der Waals surface area contributed by atoms with Crippen LogP contribution in [0.1, 0.15) is 36.1 Å². The first kappa shape index (κ1) is 11.3. The number of anilines is 1. The number of aromatic nitrogens is 2. The summed E-state index contributed by atoms with van der Waals surface area (Å²) in [5.41, 5.74) is 7.52. The second-order valence-corrected chi connectivity index (χ2v) is 6.36. The summed E-state index contributed by atoms with van der Waals surface area (Å²) in [7, 11) is 0. The Morgan fingerprint density at radius 3 is 3.00 bits per heavy atom. The number of aryl methyl sites for hydroxylation is 1. The third-order valence-corrected chi connectivity index (χ3v) is 5.10. The number of thioether (sulfide) groups is 1. The topological polar surface area (TPSA) is 51.8 Å². The number of thiophene rings is 1. The molecule has 1 atom stereocenters. The number of nitrogens with two attached hydrogens (primary N) is 1. The minimum absolute atomic E-state index is 0.596. The number of nitrogens with zero attached hydrogens (tertiary/aromatic N) is 2. The third kappa shape index (κ3) is 1.72. The van der Waals surface area contributed by atoms with Crippen LogP contribution in [0, 0.1) is 0 Å². The molecule has 3 nitrogen and oxygen atoms in total. The normalized spacial score (nSPS) is 19.5. The lowest BCUT2D eigenvalue weighted by molar-refractivity contribution is 0.602. The Labute approximate surface area is 109 Å². The van der Waals surface area contributed by atoms with Crippen LogP contribution in [0.15, 0.2) is 5.16 Å². The van der Waals surface area contributed by atoms with E-state index in [-0.39, 0.29) is 0 Å². The highest BCUT2D eigenvalue weighted by atomic mass is 32.2. The smallest absolute Gasteiger partial charge is 0.190 e. The van der Waals surface area contributed by atoms with Crippen LogP contribution in [0.3, 0.4) is 0 Å². The highest BCUT2D eigenvalue weighted by Gasteiger charge is 2.24. The van der Waals surface area contributed by atoms with Gasteiger partial charge in [-0.15, -0.1) is 11.3 Å². The quantitative estimate of drug-likeness (QED) is 0.634. The summed E-state index contributed by atoms with van der Waals surface area (Å²) in [6.07, 6.45) is 5.69. The van der Waals surface area contributed by atoms with Gasteiger partial charge < -0.3 is 5.73 Å². The molecule has 0 spiro atoms. The molecule has 90 valence electrons. The number of hydrogen-bond acceptors (Lipinski definition) is 5. The fraction of sp³-hybridized carbons (Fsp3) is 0.500. The molecule has 3 rings (SSSR count). The molecule has 0 radical (unpaired) electrons. The van der Waals surface area contributed by atoms with Gasteiger partial charge in [0, 0.05) is 4.88 Å². The summed E-state index contributed by atoms with van der Waals surface area (Å²) >= 11 is 3.35. The van der Waals surface area contributed by atoms with Gasteiger partial charge in [0.1, 0.15) is 10.6 Å². The zero-order valence-corrected chi connectivity index (χ0v) is 11.6. The van der Waals surface area contributed by atoms with Crippen LogP contribution >= 0.6 is 23.1 Å². The zero-order valence-electron chi connectivity index (χ0n) is 9.99. The molecule has 2 aromatic rings. The Hall–Kier alpha value is -0.810. The zero-order chi connectivity index (χ0) is 12.0. The number of hydrogen-bond donors (Lipinski definition) is 1. The molecular weight excluding hydrogens is 250 g/mol. The predicted octanol–water partition coefficient (Wildman–Crippen LogP) is 3.44. The van der Waals surface area contributed by atoms with Crippen molar-refractivity contribution < 1.29 is 0 Å². The van der Waals surface area contributed by atoms with Gasteiger partial charge >= 0.3 is 0 Å². The van der Waals surface area contributed by atoms with E-state index in [1.165, 1.54) is 29.7 Å². The first-order chi connectivity index (χ1) is 8.20. The molecule has 2 heterocycles. The minimum Gasteiger partial charge on any atom is -0.383 e. The van der Waals surface area contributed by atoms with Crippen molar-refractivity contribution in [3.05, 3.63) is 10.4 Å². The van der Waals surface area contributed by atoms with Gasteiger partial charge in [-0.3, -0.25) is 0 Å². The summed E-state index contributed by atoms with van der Waals surface area (Å²) in [5, 5.41) is 1.90.